The molecule has 0 spiro atoms. The molecule has 110 valence electrons. The maximum Gasteiger partial charge on any atom is 0.252 e. The summed E-state index contributed by atoms with van der Waals surface area (Å²) >= 11 is 1.38. The zero-order chi connectivity index (χ0) is 14.6. The third kappa shape index (κ3) is 4.02. The fourth-order valence-electron chi connectivity index (χ4n) is 1.78. The Balaban J connectivity index is 3.00. The third-order valence-corrected chi connectivity index (χ3v) is 6.70. The lowest BCUT2D eigenvalue weighted by Crippen LogP contribution is -2.30. The van der Waals surface area contributed by atoms with Gasteiger partial charge in [-0.25, -0.2) is 8.42 Å². The van der Waals surface area contributed by atoms with E-state index in [9.17, 15) is 8.42 Å². The first-order valence-corrected chi connectivity index (χ1v) is 8.91. The van der Waals surface area contributed by atoms with Gasteiger partial charge in [-0.3, -0.25) is 0 Å². The van der Waals surface area contributed by atoms with Gasteiger partial charge in [0, 0.05) is 30.6 Å². The smallest absolute Gasteiger partial charge is 0.252 e. The van der Waals surface area contributed by atoms with Crippen molar-refractivity contribution < 1.29 is 8.42 Å². The summed E-state index contributed by atoms with van der Waals surface area (Å²) in [5.41, 5.74) is 1.05. The molecule has 4 nitrogen and oxygen atoms in total. The van der Waals surface area contributed by atoms with Gasteiger partial charge in [0.25, 0.3) is 10.0 Å². The molecule has 19 heavy (non-hydrogen) atoms. The molecule has 1 aromatic rings. The van der Waals surface area contributed by atoms with E-state index in [0.29, 0.717) is 23.3 Å². The fraction of sp³-hybridized carbons (Fsp3) is 0.692. The minimum atomic E-state index is -3.32. The molecule has 6 heteroatoms. The minimum absolute atomic E-state index is 0.393. The van der Waals surface area contributed by atoms with Crippen molar-refractivity contribution in [1.82, 2.24) is 9.62 Å². The molecule has 0 unspecified atom stereocenters. The molecule has 0 aliphatic carbocycles. The number of sulfonamides is 1. The quantitative estimate of drug-likeness (QED) is 0.842. The Morgan fingerprint density at radius 3 is 2.37 bits per heavy atom. The second-order valence-corrected chi connectivity index (χ2v) is 8.10. The zero-order valence-corrected chi connectivity index (χ0v) is 14.0. The van der Waals surface area contributed by atoms with E-state index >= 15 is 0 Å². The van der Waals surface area contributed by atoms with Crippen LogP contribution < -0.4 is 5.32 Å². The molecular weight excluding hydrogens is 280 g/mol. The minimum Gasteiger partial charge on any atom is -0.310 e. The molecular formula is C13H24N2O2S2. The number of thiophene rings is 1. The average Bonchev–Trinajstić information content (AvgIpc) is 2.70. The Hall–Kier alpha value is -0.430. The summed E-state index contributed by atoms with van der Waals surface area (Å²) in [5.74, 6) is 0. The molecule has 1 rings (SSSR count). The largest absolute Gasteiger partial charge is 0.310 e. The third-order valence-electron chi connectivity index (χ3n) is 2.97. The maximum atomic E-state index is 12.4. The monoisotopic (exact) mass is 304 g/mol. The van der Waals surface area contributed by atoms with Crippen molar-refractivity contribution in [3.63, 3.8) is 0 Å². The fourth-order valence-corrected chi connectivity index (χ4v) is 4.93. The molecule has 0 saturated heterocycles. The SMILES string of the molecule is CCN(CC)S(=O)(=O)c1cc(C)c(CNC(C)C)s1. The van der Waals surface area contributed by atoms with E-state index in [0.717, 1.165) is 17.0 Å². The van der Waals surface area contributed by atoms with Gasteiger partial charge in [-0.1, -0.05) is 27.7 Å². The average molecular weight is 304 g/mol. The first kappa shape index (κ1) is 16.6. The molecule has 0 bridgehead atoms. The van der Waals surface area contributed by atoms with E-state index in [-0.39, 0.29) is 0 Å². The summed E-state index contributed by atoms with van der Waals surface area (Å²) in [6, 6.07) is 2.18. The van der Waals surface area contributed by atoms with Crippen molar-refractivity contribution in [2.24, 2.45) is 0 Å². The number of aryl methyl sites for hydroxylation is 1. The molecule has 0 aliphatic heterocycles. The van der Waals surface area contributed by atoms with Crippen LogP contribution in [0.4, 0.5) is 0 Å². The topological polar surface area (TPSA) is 49.4 Å². The molecule has 0 saturated carbocycles. The van der Waals surface area contributed by atoms with Gasteiger partial charge in [-0.15, -0.1) is 11.3 Å². The van der Waals surface area contributed by atoms with E-state index in [4.69, 9.17) is 0 Å². The highest BCUT2D eigenvalue weighted by atomic mass is 32.2. The van der Waals surface area contributed by atoms with Gasteiger partial charge in [0.15, 0.2) is 0 Å². The summed E-state index contributed by atoms with van der Waals surface area (Å²) in [6.07, 6.45) is 0. The van der Waals surface area contributed by atoms with Gasteiger partial charge in [0.2, 0.25) is 0 Å². The van der Waals surface area contributed by atoms with Crippen molar-refractivity contribution >= 4 is 21.4 Å². The second kappa shape index (κ2) is 6.83. The molecule has 0 aliphatic rings. The van der Waals surface area contributed by atoms with Gasteiger partial charge < -0.3 is 5.32 Å². The van der Waals surface area contributed by atoms with E-state index in [1.165, 1.54) is 15.6 Å². The van der Waals surface area contributed by atoms with Crippen LogP contribution >= 0.6 is 11.3 Å². The highest BCUT2D eigenvalue weighted by molar-refractivity contribution is 7.91. The number of hydrogen-bond acceptors (Lipinski definition) is 4. The van der Waals surface area contributed by atoms with E-state index in [1.807, 2.05) is 20.8 Å². The standard InChI is InChI=1S/C13H24N2O2S2/c1-6-15(7-2)19(16,17)13-8-11(5)12(18-13)9-14-10(3)4/h8,10,14H,6-7,9H2,1-5H3. The Morgan fingerprint density at radius 2 is 1.89 bits per heavy atom. The molecule has 1 aromatic heterocycles. The summed E-state index contributed by atoms with van der Waals surface area (Å²) in [5, 5.41) is 3.33. The van der Waals surface area contributed by atoms with Crippen LogP contribution in [0.25, 0.3) is 0 Å². The normalized spacial score (nSPS) is 12.6. The van der Waals surface area contributed by atoms with Gasteiger partial charge in [-0.05, 0) is 18.6 Å². The van der Waals surface area contributed by atoms with Gasteiger partial charge >= 0.3 is 0 Å². The van der Waals surface area contributed by atoms with Crippen molar-refractivity contribution in [3.8, 4) is 0 Å². The highest BCUT2D eigenvalue weighted by Gasteiger charge is 2.24. The number of hydrogen-bond donors (Lipinski definition) is 1. The van der Waals surface area contributed by atoms with Gasteiger partial charge in [0.1, 0.15) is 4.21 Å². The first-order valence-electron chi connectivity index (χ1n) is 6.65. The van der Waals surface area contributed by atoms with Crippen LogP contribution in [-0.2, 0) is 16.6 Å². The molecule has 1 N–H and O–H groups in total. The summed E-state index contributed by atoms with van der Waals surface area (Å²) < 4.78 is 26.8. The molecule has 0 radical (unpaired) electrons. The first-order chi connectivity index (χ1) is 8.82. The predicted octanol–water partition coefficient (Wildman–Crippen LogP) is 2.59. The van der Waals surface area contributed by atoms with E-state index < -0.39 is 10.0 Å². The Kier molecular flexibility index (Phi) is 5.98. The molecule has 0 amide bonds. The summed E-state index contributed by atoms with van der Waals surface area (Å²) in [7, 11) is -3.32. The number of nitrogens with zero attached hydrogens (tertiary/aromatic N) is 1. The Morgan fingerprint density at radius 1 is 1.32 bits per heavy atom. The lowest BCUT2D eigenvalue weighted by molar-refractivity contribution is 0.447. The maximum absolute atomic E-state index is 12.4. The van der Waals surface area contributed by atoms with Crippen molar-refractivity contribution in [2.45, 2.75) is 51.4 Å². The molecule has 0 atom stereocenters. The van der Waals surface area contributed by atoms with Crippen molar-refractivity contribution in [2.75, 3.05) is 13.1 Å². The highest BCUT2D eigenvalue weighted by Crippen LogP contribution is 2.28. The second-order valence-electron chi connectivity index (χ2n) is 4.80. The Labute approximate surface area is 120 Å². The summed E-state index contributed by atoms with van der Waals surface area (Å²) in [4.78, 5) is 1.10. The molecule has 0 aromatic carbocycles. The van der Waals surface area contributed by atoms with Crippen molar-refractivity contribution in [3.05, 3.63) is 16.5 Å². The van der Waals surface area contributed by atoms with Crippen LogP contribution in [0.2, 0.25) is 0 Å². The van der Waals surface area contributed by atoms with E-state index in [1.54, 1.807) is 6.07 Å². The van der Waals surface area contributed by atoms with Crippen LogP contribution in [0.15, 0.2) is 10.3 Å². The number of rotatable bonds is 7. The zero-order valence-electron chi connectivity index (χ0n) is 12.4. The van der Waals surface area contributed by atoms with Gasteiger partial charge in [0.05, 0.1) is 0 Å². The number of nitrogens with one attached hydrogen (secondary N) is 1. The Bertz CT molecular complexity index is 503. The molecule has 0 fully saturated rings. The van der Waals surface area contributed by atoms with Crippen LogP contribution in [0.3, 0.4) is 0 Å². The van der Waals surface area contributed by atoms with E-state index in [2.05, 4.69) is 19.2 Å². The lowest BCUT2D eigenvalue weighted by Gasteiger charge is -2.16. The predicted molar refractivity (Wildman–Crippen MR) is 81.1 cm³/mol. The van der Waals surface area contributed by atoms with Crippen LogP contribution in [0.1, 0.15) is 38.1 Å². The lowest BCUT2D eigenvalue weighted by atomic mass is 10.3. The van der Waals surface area contributed by atoms with Crippen LogP contribution in [0, 0.1) is 6.92 Å². The molecule has 1 heterocycles. The van der Waals surface area contributed by atoms with Crippen LogP contribution in [0.5, 0.6) is 0 Å². The van der Waals surface area contributed by atoms with Crippen LogP contribution in [-0.4, -0.2) is 31.9 Å². The summed E-state index contributed by atoms with van der Waals surface area (Å²) in [6.45, 7) is 11.6. The van der Waals surface area contributed by atoms with Crippen molar-refractivity contribution in [1.29, 1.82) is 0 Å². The van der Waals surface area contributed by atoms with Gasteiger partial charge in [-0.2, -0.15) is 4.31 Å².